The van der Waals surface area contributed by atoms with Crippen molar-refractivity contribution in [3.8, 4) is 11.4 Å². The van der Waals surface area contributed by atoms with Crippen LogP contribution in [0.3, 0.4) is 0 Å². The lowest BCUT2D eigenvalue weighted by molar-refractivity contribution is -0.113. The van der Waals surface area contributed by atoms with Gasteiger partial charge in [-0.25, -0.2) is 4.68 Å². The van der Waals surface area contributed by atoms with Crippen molar-refractivity contribution in [3.05, 3.63) is 57.2 Å². The second-order valence-electron chi connectivity index (χ2n) is 5.79. The van der Waals surface area contributed by atoms with E-state index in [-0.39, 0.29) is 11.7 Å². The van der Waals surface area contributed by atoms with Crippen molar-refractivity contribution in [1.82, 2.24) is 14.9 Å². The van der Waals surface area contributed by atoms with Crippen LogP contribution >= 0.6 is 34.4 Å². The Kier molecular flexibility index (Phi) is 5.82. The maximum Gasteiger partial charge on any atom is 0.234 e. The third-order valence-corrected chi connectivity index (χ3v) is 5.36. The van der Waals surface area contributed by atoms with E-state index in [0.29, 0.717) is 11.0 Å². The molecule has 0 bridgehead atoms. The van der Waals surface area contributed by atoms with Crippen molar-refractivity contribution in [2.24, 2.45) is 0 Å². The van der Waals surface area contributed by atoms with Crippen molar-refractivity contribution in [1.29, 1.82) is 0 Å². The fraction of sp³-hybridized carbons (Fsp3) is 0.167. The van der Waals surface area contributed by atoms with Crippen LogP contribution in [-0.4, -0.2) is 26.5 Å². The van der Waals surface area contributed by atoms with Gasteiger partial charge in [-0.1, -0.05) is 42.1 Å². The average molecular weight is 479 g/mol. The number of carbonyl (C=O) groups excluding carboxylic acids is 1. The molecule has 1 heterocycles. The van der Waals surface area contributed by atoms with Gasteiger partial charge in [0.2, 0.25) is 11.1 Å². The highest BCUT2D eigenvalue weighted by Gasteiger charge is 2.14. The zero-order valence-electron chi connectivity index (χ0n) is 14.4. The van der Waals surface area contributed by atoms with E-state index in [0.717, 1.165) is 25.9 Å². The second-order valence-corrected chi connectivity index (χ2v) is 7.98. The smallest absolute Gasteiger partial charge is 0.234 e. The number of nitrogen functional groups attached to an aromatic ring is 1. The molecule has 0 aliphatic rings. The van der Waals surface area contributed by atoms with Gasteiger partial charge in [-0.3, -0.25) is 4.79 Å². The van der Waals surface area contributed by atoms with E-state index >= 15 is 0 Å². The largest absolute Gasteiger partial charge is 0.335 e. The van der Waals surface area contributed by atoms with E-state index < -0.39 is 0 Å². The van der Waals surface area contributed by atoms with Crippen LogP contribution in [0.5, 0.6) is 0 Å². The Morgan fingerprint density at radius 1 is 1.19 bits per heavy atom. The molecule has 3 aromatic rings. The lowest BCUT2D eigenvalue weighted by Crippen LogP contribution is -2.17. The zero-order chi connectivity index (χ0) is 18.7. The summed E-state index contributed by atoms with van der Waals surface area (Å²) in [4.78, 5) is 12.3. The number of nitrogens with zero attached hydrogens (tertiary/aromatic N) is 3. The number of rotatable bonds is 5. The van der Waals surface area contributed by atoms with Crippen LogP contribution < -0.4 is 11.2 Å². The molecule has 0 unspecified atom stereocenters. The van der Waals surface area contributed by atoms with E-state index in [1.54, 1.807) is 0 Å². The number of aromatic nitrogens is 3. The number of halogens is 1. The summed E-state index contributed by atoms with van der Waals surface area (Å²) in [6, 6.07) is 13.7. The molecule has 2 aromatic carbocycles. The van der Waals surface area contributed by atoms with E-state index in [4.69, 9.17) is 5.84 Å². The van der Waals surface area contributed by atoms with Gasteiger partial charge in [0.05, 0.1) is 5.75 Å². The lowest BCUT2D eigenvalue weighted by atomic mass is 10.1. The monoisotopic (exact) mass is 479 g/mol. The molecule has 0 fully saturated rings. The van der Waals surface area contributed by atoms with Gasteiger partial charge in [0.1, 0.15) is 0 Å². The normalized spacial score (nSPS) is 10.7. The highest BCUT2D eigenvalue weighted by atomic mass is 127. The Morgan fingerprint density at radius 3 is 2.50 bits per heavy atom. The van der Waals surface area contributed by atoms with Crippen LogP contribution in [0.15, 0.2) is 47.6 Å². The SMILES string of the molecule is Cc1cc(I)cc(C)c1NC(=O)CSc1nnc(-c2ccccc2)n1N. The fourth-order valence-electron chi connectivity index (χ4n) is 2.57. The molecule has 3 rings (SSSR count). The van der Waals surface area contributed by atoms with Crippen molar-refractivity contribution in [2.75, 3.05) is 16.9 Å². The number of hydrogen-bond acceptors (Lipinski definition) is 5. The molecule has 0 atom stereocenters. The molecular weight excluding hydrogens is 461 g/mol. The number of carbonyl (C=O) groups is 1. The zero-order valence-corrected chi connectivity index (χ0v) is 17.3. The molecule has 0 aliphatic heterocycles. The molecule has 0 spiro atoms. The third-order valence-electron chi connectivity index (χ3n) is 3.79. The molecule has 3 N–H and O–H groups in total. The van der Waals surface area contributed by atoms with Gasteiger partial charge in [0.25, 0.3) is 0 Å². The molecule has 134 valence electrons. The predicted octanol–water partition coefficient (Wildman–Crippen LogP) is 3.61. The van der Waals surface area contributed by atoms with Crippen molar-refractivity contribution < 1.29 is 4.79 Å². The number of nitrogens with one attached hydrogen (secondary N) is 1. The Labute approximate surface area is 169 Å². The summed E-state index contributed by atoms with van der Waals surface area (Å²) in [5, 5.41) is 11.7. The van der Waals surface area contributed by atoms with E-state index in [1.165, 1.54) is 16.4 Å². The Balaban J connectivity index is 1.67. The van der Waals surface area contributed by atoms with E-state index in [1.807, 2.05) is 56.3 Å². The van der Waals surface area contributed by atoms with E-state index in [2.05, 4.69) is 38.1 Å². The maximum absolute atomic E-state index is 12.3. The minimum absolute atomic E-state index is 0.105. The van der Waals surface area contributed by atoms with Crippen LogP contribution in [0, 0.1) is 17.4 Å². The van der Waals surface area contributed by atoms with Gasteiger partial charge in [0, 0.05) is 14.8 Å². The van der Waals surface area contributed by atoms with Crippen LogP contribution in [-0.2, 0) is 4.79 Å². The number of benzene rings is 2. The topological polar surface area (TPSA) is 85.8 Å². The number of nitrogens with two attached hydrogens (primary N) is 1. The maximum atomic E-state index is 12.3. The van der Waals surface area contributed by atoms with Gasteiger partial charge >= 0.3 is 0 Å². The van der Waals surface area contributed by atoms with Gasteiger partial charge < -0.3 is 11.2 Å². The molecule has 8 heteroatoms. The number of amides is 1. The summed E-state index contributed by atoms with van der Waals surface area (Å²) in [6.45, 7) is 3.97. The van der Waals surface area contributed by atoms with Crippen LogP contribution in [0.4, 0.5) is 5.69 Å². The molecule has 0 aliphatic carbocycles. The van der Waals surface area contributed by atoms with E-state index in [9.17, 15) is 4.79 Å². The summed E-state index contributed by atoms with van der Waals surface area (Å²) < 4.78 is 2.56. The first-order chi connectivity index (χ1) is 12.5. The molecule has 0 saturated heterocycles. The molecule has 0 radical (unpaired) electrons. The molecule has 1 aromatic heterocycles. The lowest BCUT2D eigenvalue weighted by Gasteiger charge is -2.12. The quantitative estimate of drug-likeness (QED) is 0.332. The van der Waals surface area contributed by atoms with Crippen molar-refractivity contribution in [3.63, 3.8) is 0 Å². The predicted molar refractivity (Wildman–Crippen MR) is 114 cm³/mol. The van der Waals surface area contributed by atoms with Crippen molar-refractivity contribution >= 4 is 45.9 Å². The average Bonchev–Trinajstić information content (AvgIpc) is 2.98. The molecule has 6 nitrogen and oxygen atoms in total. The minimum atomic E-state index is -0.105. The Morgan fingerprint density at radius 2 is 1.85 bits per heavy atom. The van der Waals surface area contributed by atoms with Crippen LogP contribution in [0.2, 0.25) is 0 Å². The third kappa shape index (κ3) is 4.18. The first kappa shape index (κ1) is 18.7. The number of aryl methyl sites for hydroxylation is 2. The van der Waals surface area contributed by atoms with Gasteiger partial charge in [-0.05, 0) is 59.7 Å². The Bertz CT molecular complexity index is 919. The summed E-state index contributed by atoms with van der Waals surface area (Å²) in [5.41, 5.74) is 3.82. The molecular formula is C18H18IN5OS. The summed E-state index contributed by atoms with van der Waals surface area (Å²) in [5.74, 6) is 6.74. The standard InChI is InChI=1S/C18H18IN5OS/c1-11-8-14(19)9-12(2)16(11)21-15(25)10-26-18-23-22-17(24(18)20)13-6-4-3-5-7-13/h3-9H,10,20H2,1-2H3,(H,21,25). The second kappa shape index (κ2) is 8.09. The highest BCUT2D eigenvalue weighted by molar-refractivity contribution is 14.1. The number of thioether (sulfide) groups is 1. The minimum Gasteiger partial charge on any atom is -0.335 e. The number of anilines is 1. The Hall–Kier alpha value is -2.07. The highest BCUT2D eigenvalue weighted by Crippen LogP contribution is 2.25. The molecule has 0 saturated carbocycles. The summed E-state index contributed by atoms with van der Waals surface area (Å²) in [7, 11) is 0. The van der Waals surface area contributed by atoms with Gasteiger partial charge in [-0.15, -0.1) is 10.2 Å². The molecule has 1 amide bonds. The van der Waals surface area contributed by atoms with Gasteiger partial charge in [0.15, 0.2) is 5.82 Å². The van der Waals surface area contributed by atoms with Crippen LogP contribution in [0.25, 0.3) is 11.4 Å². The van der Waals surface area contributed by atoms with Crippen molar-refractivity contribution in [2.45, 2.75) is 19.0 Å². The molecule has 26 heavy (non-hydrogen) atoms. The summed E-state index contributed by atoms with van der Waals surface area (Å²) in [6.07, 6.45) is 0. The fourth-order valence-corrected chi connectivity index (χ4v) is 4.16. The van der Waals surface area contributed by atoms with Gasteiger partial charge in [-0.2, -0.15) is 0 Å². The number of hydrogen-bond donors (Lipinski definition) is 2. The summed E-state index contributed by atoms with van der Waals surface area (Å²) >= 11 is 3.52. The van der Waals surface area contributed by atoms with Crippen LogP contribution in [0.1, 0.15) is 11.1 Å². The first-order valence-electron chi connectivity index (χ1n) is 7.91. The first-order valence-corrected chi connectivity index (χ1v) is 9.97.